The van der Waals surface area contributed by atoms with E-state index in [1.807, 2.05) is 39.0 Å². The van der Waals surface area contributed by atoms with Gasteiger partial charge in [-0.1, -0.05) is 19.1 Å². The number of likely N-dealkylation sites (N-methyl/N-ethyl adjacent to an activating group) is 1. The third kappa shape index (κ3) is 5.05. The van der Waals surface area contributed by atoms with Crippen molar-refractivity contribution in [2.75, 3.05) is 13.7 Å². The average Bonchev–Trinajstić information content (AvgIpc) is 2.47. The van der Waals surface area contributed by atoms with E-state index in [0.717, 1.165) is 12.2 Å². The summed E-state index contributed by atoms with van der Waals surface area (Å²) in [6.07, 6.45) is 1.42. The number of aryl methyl sites for hydroxylation is 1. The fourth-order valence-corrected chi connectivity index (χ4v) is 2.27. The lowest BCUT2D eigenvalue weighted by atomic mass is 9.95. The van der Waals surface area contributed by atoms with Crippen molar-refractivity contribution in [2.24, 2.45) is 0 Å². The molecule has 0 amide bonds. The molecule has 4 heteroatoms. The van der Waals surface area contributed by atoms with Crippen molar-refractivity contribution in [3.8, 4) is 5.75 Å². The zero-order valence-electron chi connectivity index (χ0n) is 13.7. The fourth-order valence-electron chi connectivity index (χ4n) is 2.27. The van der Waals surface area contributed by atoms with E-state index in [9.17, 15) is 4.79 Å². The molecular weight excluding hydrogens is 266 g/mol. The molecule has 1 N–H and O–H groups in total. The lowest BCUT2D eigenvalue weighted by Gasteiger charge is -2.29. The molecule has 1 aromatic carbocycles. The molecule has 0 aliphatic rings. The van der Waals surface area contributed by atoms with E-state index in [0.29, 0.717) is 13.0 Å². The molecule has 0 spiro atoms. The molecule has 0 bridgehead atoms. The monoisotopic (exact) mass is 293 g/mol. The average molecular weight is 293 g/mol. The molecule has 118 valence electrons. The molecule has 4 nitrogen and oxygen atoms in total. The third-order valence-corrected chi connectivity index (χ3v) is 3.62. The van der Waals surface area contributed by atoms with E-state index in [1.54, 1.807) is 7.05 Å². The standard InChI is InChI=1S/C17H27NO3/c1-6-14-9-8-10-15(11-14)21-13(3)12-17(4,18-5)16(19)20-7-2/h8-11,13,18H,6-7,12H2,1-5H3. The van der Waals surface area contributed by atoms with Crippen LogP contribution in [0.15, 0.2) is 24.3 Å². The molecular formula is C17H27NO3. The summed E-state index contributed by atoms with van der Waals surface area (Å²) in [6.45, 7) is 8.11. The number of hydrogen-bond donors (Lipinski definition) is 1. The number of ether oxygens (including phenoxy) is 2. The van der Waals surface area contributed by atoms with Crippen LogP contribution >= 0.6 is 0 Å². The molecule has 0 heterocycles. The summed E-state index contributed by atoms with van der Waals surface area (Å²) in [5.74, 6) is 0.592. The predicted octanol–water partition coefficient (Wildman–Crippen LogP) is 2.95. The first-order valence-electron chi connectivity index (χ1n) is 7.57. The van der Waals surface area contributed by atoms with Crippen LogP contribution in [0.1, 0.15) is 39.7 Å². The number of benzene rings is 1. The molecule has 0 fully saturated rings. The smallest absolute Gasteiger partial charge is 0.326 e. The van der Waals surface area contributed by atoms with Gasteiger partial charge in [-0.15, -0.1) is 0 Å². The summed E-state index contributed by atoms with van der Waals surface area (Å²) < 4.78 is 11.1. The van der Waals surface area contributed by atoms with Crippen LogP contribution in [0.3, 0.4) is 0 Å². The molecule has 0 saturated carbocycles. The Balaban J connectivity index is 2.69. The Bertz CT molecular complexity index is 461. The molecule has 1 rings (SSSR count). The van der Waals surface area contributed by atoms with Crippen molar-refractivity contribution in [3.05, 3.63) is 29.8 Å². The summed E-state index contributed by atoms with van der Waals surface area (Å²) in [5, 5.41) is 3.05. The highest BCUT2D eigenvalue weighted by atomic mass is 16.5. The van der Waals surface area contributed by atoms with E-state index in [4.69, 9.17) is 9.47 Å². The summed E-state index contributed by atoms with van der Waals surface area (Å²) in [4.78, 5) is 12.0. The van der Waals surface area contributed by atoms with Gasteiger partial charge in [-0.25, -0.2) is 0 Å². The van der Waals surface area contributed by atoms with Crippen LogP contribution in [0.2, 0.25) is 0 Å². The summed E-state index contributed by atoms with van der Waals surface area (Å²) in [7, 11) is 1.77. The molecule has 0 aliphatic heterocycles. The van der Waals surface area contributed by atoms with Gasteiger partial charge in [0.05, 0.1) is 12.7 Å². The highest BCUT2D eigenvalue weighted by Crippen LogP contribution is 2.20. The second kappa shape index (κ2) is 8.03. The van der Waals surface area contributed by atoms with Gasteiger partial charge in [0.15, 0.2) is 0 Å². The molecule has 0 aliphatic carbocycles. The molecule has 21 heavy (non-hydrogen) atoms. The van der Waals surface area contributed by atoms with Crippen LogP contribution in [0.5, 0.6) is 5.75 Å². The fraction of sp³-hybridized carbons (Fsp3) is 0.588. The molecule has 0 radical (unpaired) electrons. The molecule has 1 aromatic rings. The maximum absolute atomic E-state index is 12.0. The molecule has 2 unspecified atom stereocenters. The first-order valence-corrected chi connectivity index (χ1v) is 7.57. The van der Waals surface area contributed by atoms with Crippen molar-refractivity contribution >= 4 is 5.97 Å². The van der Waals surface area contributed by atoms with E-state index in [-0.39, 0.29) is 12.1 Å². The number of esters is 1. The second-order valence-corrected chi connectivity index (χ2v) is 5.44. The van der Waals surface area contributed by atoms with Crippen molar-refractivity contribution in [1.29, 1.82) is 0 Å². The van der Waals surface area contributed by atoms with Crippen LogP contribution in [0.25, 0.3) is 0 Å². The highest BCUT2D eigenvalue weighted by molar-refractivity contribution is 5.80. The van der Waals surface area contributed by atoms with Gasteiger partial charge in [0.1, 0.15) is 11.3 Å². The Morgan fingerprint density at radius 1 is 1.38 bits per heavy atom. The van der Waals surface area contributed by atoms with E-state index in [1.165, 1.54) is 5.56 Å². The zero-order valence-corrected chi connectivity index (χ0v) is 13.7. The minimum absolute atomic E-state index is 0.0982. The van der Waals surface area contributed by atoms with Gasteiger partial charge in [0.25, 0.3) is 0 Å². The van der Waals surface area contributed by atoms with Crippen molar-refractivity contribution in [2.45, 2.75) is 52.2 Å². The summed E-state index contributed by atoms with van der Waals surface area (Å²) in [5.41, 5.74) is 0.499. The number of rotatable bonds is 8. The van der Waals surface area contributed by atoms with Gasteiger partial charge in [-0.3, -0.25) is 4.79 Å². The van der Waals surface area contributed by atoms with Gasteiger partial charge in [-0.05, 0) is 51.9 Å². The first-order chi connectivity index (χ1) is 9.95. The van der Waals surface area contributed by atoms with Gasteiger partial charge in [0, 0.05) is 6.42 Å². The summed E-state index contributed by atoms with van der Waals surface area (Å²) in [6, 6.07) is 8.05. The van der Waals surface area contributed by atoms with Crippen molar-refractivity contribution in [1.82, 2.24) is 5.32 Å². The topological polar surface area (TPSA) is 47.6 Å². The van der Waals surface area contributed by atoms with E-state index >= 15 is 0 Å². The number of carbonyl (C=O) groups excluding carboxylic acids is 1. The van der Waals surface area contributed by atoms with Crippen LogP contribution < -0.4 is 10.1 Å². The largest absolute Gasteiger partial charge is 0.491 e. The Labute approximate surface area is 127 Å². The number of carbonyl (C=O) groups is 1. The van der Waals surface area contributed by atoms with Gasteiger partial charge in [-0.2, -0.15) is 0 Å². The van der Waals surface area contributed by atoms with Gasteiger partial charge >= 0.3 is 5.97 Å². The van der Waals surface area contributed by atoms with Crippen molar-refractivity contribution < 1.29 is 14.3 Å². The SMILES string of the molecule is CCOC(=O)C(C)(CC(C)Oc1cccc(CC)c1)NC. The Morgan fingerprint density at radius 3 is 2.67 bits per heavy atom. The minimum Gasteiger partial charge on any atom is -0.491 e. The van der Waals surface area contributed by atoms with Crippen LogP contribution in [0.4, 0.5) is 0 Å². The third-order valence-electron chi connectivity index (χ3n) is 3.62. The lowest BCUT2D eigenvalue weighted by molar-refractivity contribution is -0.151. The zero-order chi connectivity index (χ0) is 15.9. The second-order valence-electron chi connectivity index (χ2n) is 5.44. The normalized spacial score (nSPS) is 15.1. The Hall–Kier alpha value is -1.55. The lowest BCUT2D eigenvalue weighted by Crippen LogP contribution is -2.51. The van der Waals surface area contributed by atoms with Gasteiger partial charge in [0.2, 0.25) is 0 Å². The van der Waals surface area contributed by atoms with Crippen LogP contribution in [-0.2, 0) is 16.0 Å². The summed E-state index contributed by atoms with van der Waals surface area (Å²) >= 11 is 0. The maximum Gasteiger partial charge on any atom is 0.326 e. The Kier molecular flexibility index (Phi) is 6.69. The minimum atomic E-state index is -0.738. The molecule has 2 atom stereocenters. The van der Waals surface area contributed by atoms with Crippen molar-refractivity contribution in [3.63, 3.8) is 0 Å². The van der Waals surface area contributed by atoms with Gasteiger partial charge < -0.3 is 14.8 Å². The predicted molar refractivity (Wildman–Crippen MR) is 84.6 cm³/mol. The quantitative estimate of drug-likeness (QED) is 0.749. The number of hydrogen-bond acceptors (Lipinski definition) is 4. The number of nitrogens with one attached hydrogen (secondary N) is 1. The van der Waals surface area contributed by atoms with E-state index < -0.39 is 5.54 Å². The first kappa shape index (κ1) is 17.5. The Morgan fingerprint density at radius 2 is 2.10 bits per heavy atom. The highest BCUT2D eigenvalue weighted by Gasteiger charge is 2.35. The molecule has 0 aromatic heterocycles. The van der Waals surface area contributed by atoms with Crippen LogP contribution in [-0.4, -0.2) is 31.3 Å². The van der Waals surface area contributed by atoms with E-state index in [2.05, 4.69) is 18.3 Å². The maximum atomic E-state index is 12.0. The van der Waals surface area contributed by atoms with Crippen LogP contribution in [0, 0.1) is 0 Å². The molecule has 0 saturated heterocycles.